The van der Waals surface area contributed by atoms with Crippen molar-refractivity contribution in [2.75, 3.05) is 13.1 Å². The number of fused-ring (bicyclic) bond motifs is 1. The first-order chi connectivity index (χ1) is 10.8. The third-order valence-electron chi connectivity index (χ3n) is 3.62. The molecule has 1 aromatic rings. The lowest BCUT2D eigenvalue weighted by atomic mass is 10.00. The second-order valence-corrected chi connectivity index (χ2v) is 6.68. The van der Waals surface area contributed by atoms with Gasteiger partial charge in [0.2, 0.25) is 5.91 Å². The highest BCUT2D eigenvalue weighted by molar-refractivity contribution is 7.14. The van der Waals surface area contributed by atoms with Gasteiger partial charge in [-0.05, 0) is 37.3 Å². The quantitative estimate of drug-likeness (QED) is 0.879. The van der Waals surface area contributed by atoms with Gasteiger partial charge in [0, 0.05) is 4.88 Å². The molecule has 2 N–H and O–H groups in total. The van der Waals surface area contributed by atoms with E-state index >= 15 is 0 Å². The summed E-state index contributed by atoms with van der Waals surface area (Å²) in [6.07, 6.45) is 2.04. The van der Waals surface area contributed by atoms with E-state index in [1.807, 2.05) is 6.07 Å². The average molecular weight is 348 g/mol. The number of carbonyl (C=O) groups is 2. The Morgan fingerprint density at radius 1 is 1.09 bits per heavy atom. The van der Waals surface area contributed by atoms with Crippen LogP contribution < -0.4 is 10.6 Å². The maximum atomic E-state index is 12.0. The summed E-state index contributed by atoms with van der Waals surface area (Å²) >= 11 is 1.41. The highest BCUT2D eigenvalue weighted by Crippen LogP contribution is 2.28. The average Bonchev–Trinajstić information content (AvgIpc) is 2.84. The third-order valence-corrected chi connectivity index (χ3v) is 4.85. The van der Waals surface area contributed by atoms with Crippen molar-refractivity contribution in [3.05, 3.63) is 21.4 Å². The molecule has 1 aliphatic rings. The lowest BCUT2D eigenvalue weighted by Crippen LogP contribution is -2.40. The number of halogens is 3. The van der Waals surface area contributed by atoms with Gasteiger partial charge < -0.3 is 10.6 Å². The Hall–Kier alpha value is -1.57. The van der Waals surface area contributed by atoms with Gasteiger partial charge in [-0.15, -0.1) is 11.3 Å². The van der Waals surface area contributed by atoms with Crippen LogP contribution in [-0.2, 0) is 17.6 Å². The molecule has 2 rings (SSSR count). The maximum absolute atomic E-state index is 12.0. The molecular weight excluding hydrogens is 329 g/mol. The Morgan fingerprint density at radius 2 is 1.78 bits per heavy atom. The summed E-state index contributed by atoms with van der Waals surface area (Å²) in [4.78, 5) is 25.0. The molecule has 0 fully saturated rings. The second kappa shape index (κ2) is 7.81. The number of rotatable bonds is 4. The van der Waals surface area contributed by atoms with Gasteiger partial charge in [-0.25, -0.2) is 0 Å². The van der Waals surface area contributed by atoms with Crippen LogP contribution in [0.2, 0.25) is 0 Å². The van der Waals surface area contributed by atoms with E-state index in [0.29, 0.717) is 4.88 Å². The van der Waals surface area contributed by atoms with E-state index in [0.717, 1.165) is 25.7 Å². The highest BCUT2D eigenvalue weighted by atomic mass is 32.1. The van der Waals surface area contributed by atoms with Gasteiger partial charge in [0.1, 0.15) is 6.54 Å². The monoisotopic (exact) mass is 348 g/mol. The van der Waals surface area contributed by atoms with Crippen molar-refractivity contribution < 1.29 is 22.8 Å². The molecule has 0 bridgehead atoms. The van der Waals surface area contributed by atoms with E-state index in [-0.39, 0.29) is 0 Å². The molecular formula is C15H19F3N2O2S. The van der Waals surface area contributed by atoms with Crippen molar-refractivity contribution >= 4 is 23.2 Å². The molecule has 0 saturated heterocycles. The molecule has 0 unspecified atom stereocenters. The molecule has 2 amide bonds. The van der Waals surface area contributed by atoms with Crippen LogP contribution in [0.5, 0.6) is 0 Å². The van der Waals surface area contributed by atoms with Crippen LogP contribution in [0.1, 0.15) is 45.8 Å². The Morgan fingerprint density at radius 3 is 2.48 bits per heavy atom. The minimum absolute atomic E-state index is 0.413. The van der Waals surface area contributed by atoms with E-state index in [4.69, 9.17) is 0 Å². The number of hydrogen-bond acceptors (Lipinski definition) is 3. The highest BCUT2D eigenvalue weighted by Gasteiger charge is 2.27. The van der Waals surface area contributed by atoms with E-state index in [1.54, 1.807) is 5.32 Å². The van der Waals surface area contributed by atoms with E-state index in [9.17, 15) is 22.8 Å². The Balaban J connectivity index is 1.86. The SMILES string of the molecule is O=C(CNC(=O)c1cc2c(s1)CCCCCC2)NCC(F)(F)F. The number of thiophene rings is 1. The van der Waals surface area contributed by atoms with Crippen molar-refractivity contribution in [1.82, 2.24) is 10.6 Å². The van der Waals surface area contributed by atoms with Crippen molar-refractivity contribution in [1.29, 1.82) is 0 Å². The van der Waals surface area contributed by atoms with Gasteiger partial charge in [-0.1, -0.05) is 12.8 Å². The lowest BCUT2D eigenvalue weighted by molar-refractivity contribution is -0.137. The number of alkyl halides is 3. The van der Waals surface area contributed by atoms with Crippen LogP contribution >= 0.6 is 11.3 Å². The Labute approximate surface area is 136 Å². The smallest absolute Gasteiger partial charge is 0.345 e. The predicted molar refractivity (Wildman–Crippen MR) is 81.6 cm³/mol. The van der Waals surface area contributed by atoms with Crippen LogP contribution in [0.15, 0.2) is 6.07 Å². The maximum Gasteiger partial charge on any atom is 0.405 e. The van der Waals surface area contributed by atoms with Crippen LogP contribution in [0.3, 0.4) is 0 Å². The molecule has 1 aliphatic carbocycles. The largest absolute Gasteiger partial charge is 0.405 e. The van der Waals surface area contributed by atoms with Crippen molar-refractivity contribution in [2.45, 2.75) is 44.7 Å². The lowest BCUT2D eigenvalue weighted by Gasteiger charge is -2.08. The van der Waals surface area contributed by atoms with Gasteiger partial charge >= 0.3 is 6.18 Å². The van der Waals surface area contributed by atoms with Crippen LogP contribution in [0.25, 0.3) is 0 Å². The predicted octanol–water partition coefficient (Wildman–Crippen LogP) is 2.82. The number of aryl methyl sites for hydroxylation is 2. The van der Waals surface area contributed by atoms with Gasteiger partial charge in [0.15, 0.2) is 0 Å². The van der Waals surface area contributed by atoms with Crippen molar-refractivity contribution in [2.24, 2.45) is 0 Å². The molecule has 4 nitrogen and oxygen atoms in total. The van der Waals surface area contributed by atoms with E-state index in [1.165, 1.54) is 34.6 Å². The summed E-state index contributed by atoms with van der Waals surface area (Å²) in [5.41, 5.74) is 1.18. The van der Waals surface area contributed by atoms with Crippen LogP contribution in [0.4, 0.5) is 13.2 Å². The molecule has 0 saturated carbocycles. The zero-order valence-electron chi connectivity index (χ0n) is 12.6. The molecule has 0 spiro atoms. The molecule has 23 heavy (non-hydrogen) atoms. The summed E-state index contributed by atoms with van der Waals surface area (Å²) in [5, 5.41) is 4.09. The van der Waals surface area contributed by atoms with E-state index < -0.39 is 31.1 Å². The summed E-state index contributed by atoms with van der Waals surface area (Å²) in [6, 6.07) is 1.84. The first-order valence-electron chi connectivity index (χ1n) is 7.58. The number of amides is 2. The zero-order valence-corrected chi connectivity index (χ0v) is 13.4. The fraction of sp³-hybridized carbons (Fsp3) is 0.600. The first-order valence-corrected chi connectivity index (χ1v) is 8.40. The molecule has 8 heteroatoms. The molecule has 0 aromatic carbocycles. The fourth-order valence-electron chi connectivity index (χ4n) is 2.47. The van der Waals surface area contributed by atoms with Crippen LogP contribution in [0, 0.1) is 0 Å². The minimum atomic E-state index is -4.45. The van der Waals surface area contributed by atoms with Gasteiger partial charge in [0.25, 0.3) is 5.91 Å². The Kier molecular flexibility index (Phi) is 6.04. The summed E-state index contributed by atoms with van der Waals surface area (Å²) < 4.78 is 35.9. The van der Waals surface area contributed by atoms with Gasteiger partial charge in [-0.3, -0.25) is 9.59 Å². The molecule has 1 aromatic heterocycles. The number of hydrogen-bond donors (Lipinski definition) is 2. The molecule has 1 heterocycles. The Bertz CT molecular complexity index is 544. The van der Waals surface area contributed by atoms with Crippen LogP contribution in [-0.4, -0.2) is 31.1 Å². The van der Waals surface area contributed by atoms with Gasteiger partial charge in [-0.2, -0.15) is 13.2 Å². The topological polar surface area (TPSA) is 58.2 Å². The number of nitrogens with one attached hydrogen (secondary N) is 2. The second-order valence-electron chi connectivity index (χ2n) is 5.55. The number of carbonyl (C=O) groups excluding carboxylic acids is 2. The summed E-state index contributed by atoms with van der Waals surface area (Å²) in [6.45, 7) is -1.85. The standard InChI is InChI=1S/C15H19F3N2O2S/c16-15(17,18)9-20-13(21)8-19-14(22)12-7-10-5-3-1-2-4-6-11(10)23-12/h7H,1-6,8-9H2,(H,19,22)(H,20,21). The molecule has 128 valence electrons. The summed E-state index contributed by atoms with van der Waals surface area (Å²) in [5.74, 6) is -1.27. The molecule has 0 atom stereocenters. The molecule has 0 radical (unpaired) electrons. The zero-order chi connectivity index (χ0) is 16.9. The fourth-order valence-corrected chi connectivity index (χ4v) is 3.64. The van der Waals surface area contributed by atoms with E-state index in [2.05, 4.69) is 5.32 Å². The third kappa shape index (κ3) is 5.85. The van der Waals surface area contributed by atoms with Crippen molar-refractivity contribution in [3.63, 3.8) is 0 Å². The first kappa shape index (κ1) is 17.8. The van der Waals surface area contributed by atoms with Gasteiger partial charge in [0.05, 0.1) is 11.4 Å². The molecule has 0 aliphatic heterocycles. The normalized spacial score (nSPS) is 15.3. The van der Waals surface area contributed by atoms with Crippen molar-refractivity contribution in [3.8, 4) is 0 Å². The summed E-state index contributed by atoms with van der Waals surface area (Å²) in [7, 11) is 0. The minimum Gasteiger partial charge on any atom is -0.345 e.